The molecule has 0 radical (unpaired) electrons. The lowest BCUT2D eigenvalue weighted by molar-refractivity contribution is -0.136. The number of urea groups is 1. The SMILES string of the molecule is CCc1ccc(NC(=O)NC(C(=O)N2CCN(Cc3ccc4c(c3)OCO4)CC2)C(C)C)cc1. The van der Waals surface area contributed by atoms with E-state index in [0.717, 1.165) is 43.1 Å². The molecular weight excluding hydrogens is 432 g/mol. The van der Waals surface area contributed by atoms with Crippen molar-refractivity contribution in [2.75, 3.05) is 38.3 Å². The summed E-state index contributed by atoms with van der Waals surface area (Å²) in [5, 5.41) is 5.73. The standard InChI is InChI=1S/C26H34N4O4/c1-4-19-5-8-21(9-6-19)27-26(32)28-24(18(2)3)25(31)30-13-11-29(12-14-30)16-20-7-10-22-23(15-20)34-17-33-22/h5-10,15,18,24H,4,11-14,16-17H2,1-3H3,(H2,27,28,32). The highest BCUT2D eigenvalue weighted by molar-refractivity contribution is 5.93. The maximum atomic E-state index is 13.2. The minimum atomic E-state index is -0.574. The Hall–Kier alpha value is -3.26. The van der Waals surface area contributed by atoms with Crippen molar-refractivity contribution in [3.8, 4) is 11.5 Å². The molecule has 2 heterocycles. The second kappa shape index (κ2) is 10.8. The van der Waals surface area contributed by atoms with Crippen LogP contribution in [0.25, 0.3) is 0 Å². The molecule has 182 valence electrons. The highest BCUT2D eigenvalue weighted by Gasteiger charge is 2.31. The molecule has 1 unspecified atom stereocenters. The average Bonchev–Trinajstić information content (AvgIpc) is 3.31. The highest BCUT2D eigenvalue weighted by Crippen LogP contribution is 2.32. The third-order valence-corrected chi connectivity index (χ3v) is 6.37. The number of anilines is 1. The molecular formula is C26H34N4O4. The fraction of sp³-hybridized carbons (Fsp3) is 0.462. The number of aryl methyl sites for hydroxylation is 1. The van der Waals surface area contributed by atoms with Crippen LogP contribution in [0.5, 0.6) is 11.5 Å². The van der Waals surface area contributed by atoms with Gasteiger partial charge in [-0.25, -0.2) is 4.79 Å². The van der Waals surface area contributed by atoms with Gasteiger partial charge in [-0.15, -0.1) is 0 Å². The number of nitrogens with one attached hydrogen (secondary N) is 2. The van der Waals surface area contributed by atoms with Crippen molar-refractivity contribution in [1.29, 1.82) is 0 Å². The fourth-order valence-electron chi connectivity index (χ4n) is 4.27. The van der Waals surface area contributed by atoms with Gasteiger partial charge in [0.1, 0.15) is 6.04 Å². The summed E-state index contributed by atoms with van der Waals surface area (Å²) in [5.41, 5.74) is 3.08. The number of hydrogen-bond acceptors (Lipinski definition) is 5. The van der Waals surface area contributed by atoms with Crippen molar-refractivity contribution >= 4 is 17.6 Å². The number of hydrogen-bond donors (Lipinski definition) is 2. The smallest absolute Gasteiger partial charge is 0.319 e. The first kappa shape index (κ1) is 23.9. The van der Waals surface area contributed by atoms with Crippen molar-refractivity contribution in [3.63, 3.8) is 0 Å². The van der Waals surface area contributed by atoms with Crippen LogP contribution in [0.2, 0.25) is 0 Å². The van der Waals surface area contributed by atoms with E-state index in [1.807, 2.05) is 55.1 Å². The molecule has 0 spiro atoms. The molecule has 1 fully saturated rings. The molecule has 0 aliphatic carbocycles. The van der Waals surface area contributed by atoms with Crippen LogP contribution in [0.1, 0.15) is 31.9 Å². The summed E-state index contributed by atoms with van der Waals surface area (Å²) in [6, 6.07) is 12.8. The normalized spacial score (nSPS) is 16.4. The zero-order chi connectivity index (χ0) is 24.1. The van der Waals surface area contributed by atoms with Crippen LogP contribution in [-0.4, -0.2) is 60.8 Å². The van der Waals surface area contributed by atoms with Crippen molar-refractivity contribution in [1.82, 2.24) is 15.1 Å². The van der Waals surface area contributed by atoms with Gasteiger partial charge >= 0.3 is 6.03 Å². The summed E-state index contributed by atoms with van der Waals surface area (Å²) >= 11 is 0. The minimum absolute atomic E-state index is 0.0209. The van der Waals surface area contributed by atoms with Gasteiger partial charge in [-0.3, -0.25) is 9.69 Å². The Kier molecular flexibility index (Phi) is 7.57. The molecule has 2 aromatic rings. The van der Waals surface area contributed by atoms with Gasteiger partial charge in [0.05, 0.1) is 0 Å². The first-order valence-electron chi connectivity index (χ1n) is 12.0. The second-order valence-electron chi connectivity index (χ2n) is 9.16. The number of carbonyl (C=O) groups excluding carboxylic acids is 2. The van der Waals surface area contributed by atoms with Crippen LogP contribution in [0.3, 0.4) is 0 Å². The Balaban J connectivity index is 1.28. The third kappa shape index (κ3) is 5.80. The van der Waals surface area contributed by atoms with Crippen molar-refractivity contribution in [2.45, 2.75) is 39.8 Å². The van der Waals surface area contributed by atoms with Gasteiger partial charge in [-0.1, -0.05) is 39.0 Å². The number of amides is 3. The second-order valence-corrected chi connectivity index (χ2v) is 9.16. The van der Waals surface area contributed by atoms with Gasteiger partial charge in [-0.05, 0) is 47.7 Å². The number of fused-ring (bicyclic) bond motifs is 1. The molecule has 34 heavy (non-hydrogen) atoms. The van der Waals surface area contributed by atoms with Crippen LogP contribution < -0.4 is 20.1 Å². The van der Waals surface area contributed by atoms with E-state index in [9.17, 15) is 9.59 Å². The molecule has 2 N–H and O–H groups in total. The average molecular weight is 467 g/mol. The van der Waals surface area contributed by atoms with Crippen LogP contribution in [-0.2, 0) is 17.8 Å². The Bertz CT molecular complexity index is 1000. The molecule has 4 rings (SSSR count). The number of piperazine rings is 1. The molecule has 3 amide bonds. The van der Waals surface area contributed by atoms with E-state index >= 15 is 0 Å². The summed E-state index contributed by atoms with van der Waals surface area (Å²) in [7, 11) is 0. The van der Waals surface area contributed by atoms with Crippen molar-refractivity contribution in [2.24, 2.45) is 5.92 Å². The Morgan fingerprint density at radius 1 is 0.941 bits per heavy atom. The summed E-state index contributed by atoms with van der Waals surface area (Å²) in [5.74, 6) is 1.52. The molecule has 2 aliphatic heterocycles. The number of carbonyl (C=O) groups is 2. The lowest BCUT2D eigenvalue weighted by atomic mass is 10.0. The zero-order valence-corrected chi connectivity index (χ0v) is 20.2. The van der Waals surface area contributed by atoms with Gasteiger partial charge in [0.25, 0.3) is 0 Å². The number of rotatable bonds is 7. The van der Waals surface area contributed by atoms with Gasteiger partial charge in [-0.2, -0.15) is 0 Å². The maximum Gasteiger partial charge on any atom is 0.319 e. The number of ether oxygens (including phenoxy) is 2. The van der Waals surface area contributed by atoms with E-state index in [2.05, 4.69) is 28.5 Å². The van der Waals surface area contributed by atoms with Gasteiger partial charge in [0, 0.05) is 38.4 Å². The lowest BCUT2D eigenvalue weighted by Gasteiger charge is -2.37. The number of nitrogens with zero attached hydrogens (tertiary/aromatic N) is 2. The first-order chi connectivity index (χ1) is 16.4. The monoisotopic (exact) mass is 466 g/mol. The molecule has 2 aromatic carbocycles. The topological polar surface area (TPSA) is 83.1 Å². The van der Waals surface area contributed by atoms with E-state index < -0.39 is 6.04 Å². The largest absolute Gasteiger partial charge is 0.454 e. The van der Waals surface area contributed by atoms with Gasteiger partial charge in [0.2, 0.25) is 12.7 Å². The fourth-order valence-corrected chi connectivity index (χ4v) is 4.27. The van der Waals surface area contributed by atoms with Crippen LogP contribution in [0, 0.1) is 5.92 Å². The third-order valence-electron chi connectivity index (χ3n) is 6.37. The Morgan fingerprint density at radius 2 is 1.62 bits per heavy atom. The van der Waals surface area contributed by atoms with Gasteiger partial charge < -0.3 is 25.0 Å². The van der Waals surface area contributed by atoms with Gasteiger partial charge in [0.15, 0.2) is 11.5 Å². The van der Waals surface area contributed by atoms with Crippen LogP contribution in [0.4, 0.5) is 10.5 Å². The van der Waals surface area contributed by atoms with E-state index in [1.54, 1.807) is 0 Å². The van der Waals surface area contributed by atoms with E-state index in [4.69, 9.17) is 9.47 Å². The van der Waals surface area contributed by atoms with E-state index in [-0.39, 0.29) is 24.6 Å². The molecule has 8 heteroatoms. The quantitative estimate of drug-likeness (QED) is 0.653. The van der Waals surface area contributed by atoms with Crippen LogP contribution in [0.15, 0.2) is 42.5 Å². The molecule has 8 nitrogen and oxygen atoms in total. The number of benzene rings is 2. The summed E-state index contributed by atoms with van der Waals surface area (Å²) in [4.78, 5) is 30.0. The minimum Gasteiger partial charge on any atom is -0.454 e. The molecule has 0 aromatic heterocycles. The Labute approximate surface area is 201 Å². The summed E-state index contributed by atoms with van der Waals surface area (Å²) < 4.78 is 10.9. The summed E-state index contributed by atoms with van der Waals surface area (Å²) in [6.07, 6.45) is 0.945. The predicted molar refractivity (Wildman–Crippen MR) is 131 cm³/mol. The van der Waals surface area contributed by atoms with Crippen molar-refractivity contribution < 1.29 is 19.1 Å². The zero-order valence-electron chi connectivity index (χ0n) is 20.2. The van der Waals surface area contributed by atoms with E-state index in [0.29, 0.717) is 18.8 Å². The van der Waals surface area contributed by atoms with Crippen LogP contribution >= 0.6 is 0 Å². The maximum absolute atomic E-state index is 13.2. The Morgan fingerprint density at radius 3 is 2.29 bits per heavy atom. The molecule has 1 saturated heterocycles. The summed E-state index contributed by atoms with van der Waals surface area (Å²) in [6.45, 7) is 9.89. The van der Waals surface area contributed by atoms with Crippen molar-refractivity contribution in [3.05, 3.63) is 53.6 Å². The van der Waals surface area contributed by atoms with E-state index in [1.165, 1.54) is 5.56 Å². The molecule has 0 bridgehead atoms. The molecule has 2 aliphatic rings. The predicted octanol–water partition coefficient (Wildman–Crippen LogP) is 3.47. The molecule has 1 atom stereocenters. The first-order valence-corrected chi connectivity index (χ1v) is 12.0. The lowest BCUT2D eigenvalue weighted by Crippen LogP contribution is -2.56. The highest BCUT2D eigenvalue weighted by atomic mass is 16.7. The molecule has 0 saturated carbocycles.